The Morgan fingerprint density at radius 3 is 2.25 bits per heavy atom. The Balaban J connectivity index is 1.55. The van der Waals surface area contributed by atoms with E-state index in [1.807, 2.05) is 28.8 Å². The molecule has 2 heterocycles. The Morgan fingerprint density at radius 2 is 1.65 bits per heavy atom. The highest BCUT2D eigenvalue weighted by Crippen LogP contribution is 2.36. The molecule has 0 atom stereocenters. The second-order valence-electron chi connectivity index (χ2n) is 9.08. The number of fused-ring (bicyclic) bond motifs is 1. The largest absolute Gasteiger partial charge is 0.461 e. The fourth-order valence-corrected chi connectivity index (χ4v) is 4.38. The number of tetrazole rings is 1. The molecule has 2 aromatic heterocycles. The number of esters is 1. The molecule has 0 fully saturated rings. The number of halogens is 6. The van der Waals surface area contributed by atoms with Crippen LogP contribution >= 0.6 is 0 Å². The van der Waals surface area contributed by atoms with Crippen molar-refractivity contribution in [2.24, 2.45) is 7.05 Å². The van der Waals surface area contributed by atoms with E-state index in [9.17, 15) is 31.1 Å². The number of unbranched alkanes of at least 4 members (excludes halogenated alkanes) is 1. The average Bonchev–Trinajstić information content (AvgIpc) is 3.48. The molecule has 0 N–H and O–H groups in total. The van der Waals surface area contributed by atoms with Crippen molar-refractivity contribution in [2.45, 2.75) is 45.2 Å². The number of aryl methyl sites for hydroxylation is 2. The maximum Gasteiger partial charge on any atom is 0.416 e. The van der Waals surface area contributed by atoms with Crippen molar-refractivity contribution in [3.8, 4) is 0 Å². The lowest BCUT2D eigenvalue weighted by Gasteiger charge is -2.22. The maximum atomic E-state index is 13.4. The van der Waals surface area contributed by atoms with E-state index in [0.29, 0.717) is 37.2 Å². The van der Waals surface area contributed by atoms with Gasteiger partial charge >= 0.3 is 18.3 Å². The van der Waals surface area contributed by atoms with Crippen molar-refractivity contribution < 1.29 is 35.9 Å². The predicted octanol–water partition coefficient (Wildman–Crippen LogP) is 5.87. The van der Waals surface area contributed by atoms with Gasteiger partial charge in [0.15, 0.2) is 0 Å². The van der Waals surface area contributed by atoms with Gasteiger partial charge in [0.25, 0.3) is 5.95 Å². The molecule has 4 aromatic rings. The molecule has 0 unspecified atom stereocenters. The summed E-state index contributed by atoms with van der Waals surface area (Å²) < 4.78 is 87.3. The smallest absolute Gasteiger partial charge is 0.416 e. The molecule has 0 amide bonds. The monoisotopic (exact) mass is 568 g/mol. The number of nitrogens with zero attached hydrogens (tertiary/aromatic N) is 6. The Hall–Kier alpha value is -4.10. The molecule has 0 bridgehead atoms. The van der Waals surface area contributed by atoms with E-state index in [0.717, 1.165) is 15.7 Å². The van der Waals surface area contributed by atoms with Gasteiger partial charge in [0.1, 0.15) is 5.69 Å². The van der Waals surface area contributed by atoms with E-state index in [4.69, 9.17) is 4.74 Å². The number of aromatic nitrogens is 5. The zero-order valence-corrected chi connectivity index (χ0v) is 21.6. The van der Waals surface area contributed by atoms with E-state index < -0.39 is 29.4 Å². The Bertz CT molecular complexity index is 1440. The van der Waals surface area contributed by atoms with E-state index in [1.54, 1.807) is 13.0 Å². The number of para-hydroxylation sites is 1. The molecular weight excluding hydrogens is 542 g/mol. The Morgan fingerprint density at radius 1 is 0.975 bits per heavy atom. The molecule has 0 radical (unpaired) electrons. The van der Waals surface area contributed by atoms with Crippen molar-refractivity contribution in [1.29, 1.82) is 0 Å². The van der Waals surface area contributed by atoms with Crippen molar-refractivity contribution in [3.63, 3.8) is 0 Å². The van der Waals surface area contributed by atoms with Crippen LogP contribution in [0.1, 0.15) is 46.9 Å². The van der Waals surface area contributed by atoms with Gasteiger partial charge in [-0.15, -0.1) is 5.10 Å². The third kappa shape index (κ3) is 6.72. The van der Waals surface area contributed by atoms with Crippen LogP contribution in [0.4, 0.5) is 32.3 Å². The summed E-state index contributed by atoms with van der Waals surface area (Å²) in [6, 6.07) is 10.7. The number of hydrogen-bond donors (Lipinski definition) is 0. The molecule has 14 heteroatoms. The summed E-state index contributed by atoms with van der Waals surface area (Å²) in [7, 11) is 1.49. The molecular formula is C26H26F6N6O2. The lowest BCUT2D eigenvalue weighted by molar-refractivity contribution is -0.143. The molecule has 8 nitrogen and oxygen atoms in total. The van der Waals surface area contributed by atoms with Gasteiger partial charge in [-0.05, 0) is 60.9 Å². The van der Waals surface area contributed by atoms with Crippen LogP contribution in [-0.4, -0.2) is 43.9 Å². The van der Waals surface area contributed by atoms with Crippen LogP contribution in [0, 0.1) is 0 Å². The summed E-state index contributed by atoms with van der Waals surface area (Å²) in [6.07, 6.45) is -8.93. The molecule has 4 rings (SSSR count). The van der Waals surface area contributed by atoms with Gasteiger partial charge in [-0.2, -0.15) is 31.1 Å². The summed E-state index contributed by atoms with van der Waals surface area (Å²) in [6.45, 7) is 2.25. The van der Waals surface area contributed by atoms with Crippen LogP contribution in [0.2, 0.25) is 0 Å². The number of benzene rings is 2. The van der Waals surface area contributed by atoms with Crippen molar-refractivity contribution in [1.82, 2.24) is 24.8 Å². The third-order valence-electron chi connectivity index (χ3n) is 6.16. The highest BCUT2D eigenvalue weighted by Gasteiger charge is 2.37. The number of hydrogen-bond acceptors (Lipinski definition) is 6. The first-order chi connectivity index (χ1) is 18.9. The number of rotatable bonds is 10. The Kier molecular flexibility index (Phi) is 8.35. The molecule has 40 heavy (non-hydrogen) atoms. The molecule has 2 aromatic carbocycles. The number of anilines is 1. The van der Waals surface area contributed by atoms with Crippen LogP contribution in [-0.2, 0) is 37.2 Å². The molecule has 0 saturated carbocycles. The SMILES string of the molecule is CCOC(=O)c1cc2ccccc2n1CCCCN(Cc1cc(C(F)(F)F)cc(C(F)(F)F)c1)c1nnn(C)n1. The molecule has 214 valence electrons. The first-order valence-electron chi connectivity index (χ1n) is 12.4. The van der Waals surface area contributed by atoms with Gasteiger partial charge in [-0.25, -0.2) is 4.79 Å². The summed E-state index contributed by atoms with van der Waals surface area (Å²) in [5, 5.41) is 12.6. The number of carbonyl (C=O) groups is 1. The zero-order chi connectivity index (χ0) is 29.1. The van der Waals surface area contributed by atoms with Crippen molar-refractivity contribution in [3.05, 3.63) is 70.9 Å². The normalized spacial score (nSPS) is 12.2. The van der Waals surface area contributed by atoms with Gasteiger partial charge in [-0.3, -0.25) is 0 Å². The fourth-order valence-electron chi connectivity index (χ4n) is 4.38. The van der Waals surface area contributed by atoms with Crippen LogP contribution in [0.15, 0.2) is 48.5 Å². The lowest BCUT2D eigenvalue weighted by Crippen LogP contribution is -2.26. The van der Waals surface area contributed by atoms with Crippen molar-refractivity contribution in [2.75, 3.05) is 18.1 Å². The highest BCUT2D eigenvalue weighted by molar-refractivity contribution is 5.95. The first kappa shape index (κ1) is 28.9. The van der Waals surface area contributed by atoms with Gasteiger partial charge in [-0.1, -0.05) is 23.3 Å². The van der Waals surface area contributed by atoms with Crippen LogP contribution in [0.25, 0.3) is 10.9 Å². The molecule has 0 aliphatic carbocycles. The molecule has 0 spiro atoms. The van der Waals surface area contributed by atoms with Crippen LogP contribution < -0.4 is 4.90 Å². The third-order valence-corrected chi connectivity index (χ3v) is 6.16. The topological polar surface area (TPSA) is 78.1 Å². The van der Waals surface area contributed by atoms with Crippen LogP contribution in [0.5, 0.6) is 0 Å². The van der Waals surface area contributed by atoms with Gasteiger partial charge in [0, 0.05) is 30.5 Å². The summed E-state index contributed by atoms with van der Waals surface area (Å²) in [5.74, 6) is -0.402. The first-order valence-corrected chi connectivity index (χ1v) is 12.4. The molecule has 0 aliphatic rings. The zero-order valence-electron chi connectivity index (χ0n) is 21.6. The minimum absolute atomic E-state index is 0.0621. The van der Waals surface area contributed by atoms with E-state index >= 15 is 0 Å². The molecule has 0 aliphatic heterocycles. The van der Waals surface area contributed by atoms with E-state index in [2.05, 4.69) is 15.4 Å². The summed E-state index contributed by atoms with van der Waals surface area (Å²) >= 11 is 0. The standard InChI is InChI=1S/C26H26F6N6O2/c1-3-40-23(39)22-14-18-8-4-5-9-21(18)38(22)11-7-6-10-37(24-33-35-36(2)34-24)16-17-12-19(25(27,28)29)15-20(13-17)26(30,31)32/h4-5,8-9,12-15H,3,6-7,10-11,16H2,1-2H3. The second-order valence-corrected chi connectivity index (χ2v) is 9.08. The predicted molar refractivity (Wildman–Crippen MR) is 133 cm³/mol. The van der Waals surface area contributed by atoms with Crippen LogP contribution in [0.3, 0.4) is 0 Å². The van der Waals surface area contributed by atoms with Gasteiger partial charge in [0.2, 0.25) is 0 Å². The summed E-state index contributed by atoms with van der Waals surface area (Å²) in [5.41, 5.74) is -1.76. The minimum Gasteiger partial charge on any atom is -0.461 e. The molecule has 0 saturated heterocycles. The fraction of sp³-hybridized carbons (Fsp3) is 0.385. The minimum atomic E-state index is -4.96. The van der Waals surface area contributed by atoms with E-state index in [-0.39, 0.29) is 37.3 Å². The van der Waals surface area contributed by atoms with E-state index in [1.165, 1.54) is 11.9 Å². The number of alkyl halides is 6. The second kappa shape index (κ2) is 11.6. The van der Waals surface area contributed by atoms with Crippen molar-refractivity contribution >= 4 is 22.8 Å². The highest BCUT2D eigenvalue weighted by atomic mass is 19.4. The number of ether oxygens (including phenoxy) is 1. The average molecular weight is 569 g/mol. The quantitative estimate of drug-likeness (QED) is 0.135. The number of carbonyl (C=O) groups excluding carboxylic acids is 1. The van der Waals surface area contributed by atoms with Gasteiger partial charge < -0.3 is 14.2 Å². The van der Waals surface area contributed by atoms with Gasteiger partial charge in [0.05, 0.1) is 24.8 Å². The lowest BCUT2D eigenvalue weighted by atomic mass is 10.0. The Labute approximate surface area is 225 Å². The summed E-state index contributed by atoms with van der Waals surface area (Å²) in [4.78, 5) is 15.1. The maximum absolute atomic E-state index is 13.4.